The number of carbonyl (C=O) groups is 1. The number of nitrogens with zero attached hydrogens (tertiary/aromatic N) is 2. The van der Waals surface area contributed by atoms with Crippen molar-refractivity contribution in [2.45, 2.75) is 20.3 Å². The summed E-state index contributed by atoms with van der Waals surface area (Å²) in [6.07, 6.45) is 2.59. The van der Waals surface area contributed by atoms with Gasteiger partial charge in [-0.2, -0.15) is 0 Å². The van der Waals surface area contributed by atoms with Crippen molar-refractivity contribution < 1.29 is 4.79 Å². The van der Waals surface area contributed by atoms with E-state index < -0.39 is 0 Å². The largest absolute Gasteiger partial charge is 0.384 e. The molecule has 1 saturated heterocycles. The number of nitrogens with two attached hydrogens (primary N) is 1. The predicted molar refractivity (Wildman–Crippen MR) is 72.5 cm³/mol. The van der Waals surface area contributed by atoms with E-state index in [-0.39, 0.29) is 5.91 Å². The van der Waals surface area contributed by atoms with Crippen molar-refractivity contribution in [3.05, 3.63) is 22.8 Å². The molecule has 0 spiro atoms. The molecule has 18 heavy (non-hydrogen) atoms. The lowest BCUT2D eigenvalue weighted by Gasteiger charge is -2.35. The van der Waals surface area contributed by atoms with E-state index in [1.807, 2.05) is 4.90 Å². The van der Waals surface area contributed by atoms with Crippen LogP contribution in [0.15, 0.2) is 12.3 Å². The smallest absolute Gasteiger partial charge is 0.255 e. The lowest BCUT2D eigenvalue weighted by atomic mass is 9.91. The lowest BCUT2D eigenvalue weighted by molar-refractivity contribution is 0.0623. The van der Waals surface area contributed by atoms with Gasteiger partial charge in [-0.3, -0.25) is 4.79 Å². The summed E-state index contributed by atoms with van der Waals surface area (Å²) in [4.78, 5) is 18.2. The quantitative estimate of drug-likeness (QED) is 0.850. The second-order valence-corrected chi connectivity index (χ2v) is 5.65. The minimum absolute atomic E-state index is 0.0486. The zero-order chi connectivity index (χ0) is 13.3. The summed E-state index contributed by atoms with van der Waals surface area (Å²) in [5.41, 5.74) is 6.06. The average molecular weight is 268 g/mol. The normalized spacial score (nSPS) is 24.1. The maximum Gasteiger partial charge on any atom is 0.255 e. The molecule has 1 fully saturated rings. The van der Waals surface area contributed by atoms with Crippen molar-refractivity contribution in [1.29, 1.82) is 0 Å². The van der Waals surface area contributed by atoms with Gasteiger partial charge in [0.2, 0.25) is 0 Å². The minimum Gasteiger partial charge on any atom is -0.384 e. The van der Waals surface area contributed by atoms with Gasteiger partial charge in [0.05, 0.1) is 10.6 Å². The molecule has 2 unspecified atom stereocenters. The summed E-state index contributed by atoms with van der Waals surface area (Å²) >= 11 is 6.02. The monoisotopic (exact) mass is 267 g/mol. The number of piperidine rings is 1. The number of amides is 1. The molecule has 4 nitrogen and oxygen atoms in total. The topological polar surface area (TPSA) is 59.2 Å². The highest BCUT2D eigenvalue weighted by molar-refractivity contribution is 6.33. The zero-order valence-electron chi connectivity index (χ0n) is 10.7. The fraction of sp³-hybridized carbons (Fsp3) is 0.538. The van der Waals surface area contributed by atoms with E-state index in [9.17, 15) is 4.79 Å². The van der Waals surface area contributed by atoms with Crippen LogP contribution in [0.4, 0.5) is 5.82 Å². The molecule has 0 radical (unpaired) electrons. The maximum atomic E-state index is 12.4. The van der Waals surface area contributed by atoms with Gasteiger partial charge in [0.25, 0.3) is 5.91 Å². The molecule has 2 N–H and O–H groups in total. The van der Waals surface area contributed by atoms with Gasteiger partial charge >= 0.3 is 0 Å². The third-order valence-electron chi connectivity index (χ3n) is 3.26. The number of nitrogen functional groups attached to an aromatic ring is 1. The van der Waals surface area contributed by atoms with Gasteiger partial charge in [-0.15, -0.1) is 0 Å². The fourth-order valence-electron chi connectivity index (χ4n) is 2.62. The number of anilines is 1. The summed E-state index contributed by atoms with van der Waals surface area (Å²) in [7, 11) is 0. The number of carbonyl (C=O) groups excluding carboxylic acids is 1. The van der Waals surface area contributed by atoms with Crippen LogP contribution in [-0.4, -0.2) is 28.9 Å². The second kappa shape index (κ2) is 5.14. The highest BCUT2D eigenvalue weighted by Gasteiger charge is 2.27. The molecule has 1 aromatic heterocycles. The van der Waals surface area contributed by atoms with Gasteiger partial charge in [-0.1, -0.05) is 25.4 Å². The maximum absolute atomic E-state index is 12.4. The molecule has 2 heterocycles. The number of halogens is 1. The van der Waals surface area contributed by atoms with Crippen LogP contribution in [0.2, 0.25) is 5.02 Å². The summed E-state index contributed by atoms with van der Waals surface area (Å²) in [6, 6.07) is 1.55. The van der Waals surface area contributed by atoms with Crippen molar-refractivity contribution in [3.63, 3.8) is 0 Å². The SMILES string of the molecule is CC1CC(C)CN(C(=O)c2cc(N)ncc2Cl)C1. The van der Waals surface area contributed by atoms with Crippen molar-refractivity contribution in [2.24, 2.45) is 11.8 Å². The van der Waals surface area contributed by atoms with E-state index in [2.05, 4.69) is 18.8 Å². The fourth-order valence-corrected chi connectivity index (χ4v) is 2.80. The zero-order valence-corrected chi connectivity index (χ0v) is 11.4. The molecule has 2 atom stereocenters. The first-order chi connectivity index (χ1) is 8.47. The van der Waals surface area contributed by atoms with E-state index in [1.165, 1.54) is 6.20 Å². The van der Waals surface area contributed by atoms with Crippen LogP contribution >= 0.6 is 11.6 Å². The Morgan fingerprint density at radius 2 is 2.06 bits per heavy atom. The lowest BCUT2D eigenvalue weighted by Crippen LogP contribution is -2.42. The van der Waals surface area contributed by atoms with Crippen molar-refractivity contribution in [3.8, 4) is 0 Å². The summed E-state index contributed by atoms with van der Waals surface area (Å²) in [5.74, 6) is 1.32. The summed E-state index contributed by atoms with van der Waals surface area (Å²) < 4.78 is 0. The number of likely N-dealkylation sites (tertiary alicyclic amines) is 1. The Balaban J connectivity index is 2.22. The molecule has 2 rings (SSSR count). The van der Waals surface area contributed by atoms with E-state index in [0.717, 1.165) is 19.5 Å². The molecule has 0 aromatic carbocycles. The van der Waals surface area contributed by atoms with Crippen LogP contribution in [0.1, 0.15) is 30.6 Å². The molecule has 98 valence electrons. The summed E-state index contributed by atoms with van der Waals surface area (Å²) in [5, 5.41) is 0.361. The molecule has 1 aliphatic rings. The van der Waals surface area contributed by atoms with Crippen LogP contribution in [-0.2, 0) is 0 Å². The molecule has 1 aromatic rings. The predicted octanol–water partition coefficient (Wildman–Crippen LogP) is 2.44. The third kappa shape index (κ3) is 2.75. The molecule has 5 heteroatoms. The number of pyridine rings is 1. The molecule has 0 bridgehead atoms. The molecule has 1 amide bonds. The van der Waals surface area contributed by atoms with E-state index in [4.69, 9.17) is 17.3 Å². The van der Waals surface area contributed by atoms with Gasteiger partial charge in [-0.25, -0.2) is 4.98 Å². The Kier molecular flexibility index (Phi) is 3.76. The summed E-state index contributed by atoms with van der Waals surface area (Å²) in [6.45, 7) is 5.89. The van der Waals surface area contributed by atoms with Gasteiger partial charge in [-0.05, 0) is 24.3 Å². The van der Waals surface area contributed by atoms with Crippen LogP contribution in [0.3, 0.4) is 0 Å². The highest BCUT2D eigenvalue weighted by Crippen LogP contribution is 2.25. The van der Waals surface area contributed by atoms with Gasteiger partial charge < -0.3 is 10.6 Å². The number of rotatable bonds is 1. The molecule has 0 saturated carbocycles. The first-order valence-electron chi connectivity index (χ1n) is 6.17. The van der Waals surface area contributed by atoms with Crippen LogP contribution in [0, 0.1) is 11.8 Å². The van der Waals surface area contributed by atoms with Crippen molar-refractivity contribution >= 4 is 23.3 Å². The Bertz CT molecular complexity index is 454. The van der Waals surface area contributed by atoms with Crippen molar-refractivity contribution in [2.75, 3.05) is 18.8 Å². The van der Waals surface area contributed by atoms with Gasteiger partial charge in [0.15, 0.2) is 0 Å². The Morgan fingerprint density at radius 1 is 1.44 bits per heavy atom. The Morgan fingerprint density at radius 3 is 2.67 bits per heavy atom. The molecule has 0 aliphatic carbocycles. The first kappa shape index (κ1) is 13.1. The average Bonchev–Trinajstić information content (AvgIpc) is 2.30. The minimum atomic E-state index is -0.0486. The van der Waals surface area contributed by atoms with Crippen LogP contribution in [0.25, 0.3) is 0 Å². The molecular weight excluding hydrogens is 250 g/mol. The Hall–Kier alpha value is -1.29. The van der Waals surface area contributed by atoms with E-state index in [1.54, 1.807) is 6.07 Å². The highest BCUT2D eigenvalue weighted by atomic mass is 35.5. The Labute approximate surface area is 112 Å². The number of hydrogen-bond acceptors (Lipinski definition) is 3. The first-order valence-corrected chi connectivity index (χ1v) is 6.55. The van der Waals surface area contributed by atoms with Crippen molar-refractivity contribution in [1.82, 2.24) is 9.88 Å². The molecule has 1 aliphatic heterocycles. The number of hydrogen-bond donors (Lipinski definition) is 1. The van der Waals surface area contributed by atoms with Crippen LogP contribution < -0.4 is 5.73 Å². The van der Waals surface area contributed by atoms with E-state index >= 15 is 0 Å². The van der Waals surface area contributed by atoms with Gasteiger partial charge in [0, 0.05) is 19.3 Å². The standard InChI is InChI=1S/C13H18ClN3O/c1-8-3-9(2)7-17(6-8)13(18)10-4-12(15)16-5-11(10)14/h4-5,8-9H,3,6-7H2,1-2H3,(H2,15,16). The van der Waals surface area contributed by atoms with Crippen LogP contribution in [0.5, 0.6) is 0 Å². The van der Waals surface area contributed by atoms with Gasteiger partial charge in [0.1, 0.15) is 5.82 Å². The van der Waals surface area contributed by atoms with E-state index in [0.29, 0.717) is 28.2 Å². The second-order valence-electron chi connectivity index (χ2n) is 5.25. The molecular formula is C13H18ClN3O. The third-order valence-corrected chi connectivity index (χ3v) is 3.56. The number of aromatic nitrogens is 1.